The summed E-state index contributed by atoms with van der Waals surface area (Å²) in [4.78, 5) is 36.4. The zero-order valence-corrected chi connectivity index (χ0v) is 15.2. The number of aliphatic carboxylic acids is 4. The highest BCUT2D eigenvalue weighted by molar-refractivity contribution is 6.27. The summed E-state index contributed by atoms with van der Waals surface area (Å²) >= 11 is 0. The number of nitrogens with two attached hydrogens (primary N) is 6. The quantitative estimate of drug-likeness (QED) is 0.190. The SMILES string of the molecule is NCCCN.NCCCN.NCCCN.O=C(O)C(=O)O.O=C(O)C(=O)O. The average molecular weight is 402 g/mol. The molecule has 0 radical (unpaired) electrons. The van der Waals surface area contributed by atoms with Gasteiger partial charge in [0.1, 0.15) is 0 Å². The van der Waals surface area contributed by atoms with Gasteiger partial charge in [-0.25, -0.2) is 19.2 Å². The van der Waals surface area contributed by atoms with Crippen LogP contribution in [0.3, 0.4) is 0 Å². The molecule has 0 aromatic carbocycles. The lowest BCUT2D eigenvalue weighted by atomic mass is 10.4. The van der Waals surface area contributed by atoms with Gasteiger partial charge in [0, 0.05) is 0 Å². The Balaban J connectivity index is -0.0000000749. The predicted molar refractivity (Wildman–Crippen MR) is 98.7 cm³/mol. The molecule has 14 nitrogen and oxygen atoms in total. The molecule has 0 rings (SSSR count). The van der Waals surface area contributed by atoms with Crippen LogP contribution in [0.2, 0.25) is 0 Å². The van der Waals surface area contributed by atoms with E-state index in [1.165, 1.54) is 0 Å². The molecule has 0 saturated carbocycles. The van der Waals surface area contributed by atoms with Crippen LogP contribution >= 0.6 is 0 Å². The van der Waals surface area contributed by atoms with E-state index in [1.807, 2.05) is 0 Å². The van der Waals surface area contributed by atoms with E-state index in [4.69, 9.17) is 74.0 Å². The molecule has 0 aromatic rings. The van der Waals surface area contributed by atoms with E-state index in [2.05, 4.69) is 0 Å². The maximum Gasteiger partial charge on any atom is 0.414 e. The monoisotopic (exact) mass is 402 g/mol. The molecule has 0 amide bonds. The van der Waals surface area contributed by atoms with E-state index in [-0.39, 0.29) is 0 Å². The topological polar surface area (TPSA) is 305 Å². The van der Waals surface area contributed by atoms with E-state index in [0.29, 0.717) is 0 Å². The maximum absolute atomic E-state index is 9.10. The van der Waals surface area contributed by atoms with E-state index >= 15 is 0 Å². The lowest BCUT2D eigenvalue weighted by molar-refractivity contribution is -0.159. The van der Waals surface area contributed by atoms with Crippen molar-refractivity contribution in [3.8, 4) is 0 Å². The van der Waals surface area contributed by atoms with Gasteiger partial charge < -0.3 is 54.8 Å². The number of hydrogen-bond donors (Lipinski definition) is 10. The van der Waals surface area contributed by atoms with Crippen LogP contribution in [0.1, 0.15) is 19.3 Å². The number of carboxylic acids is 4. The minimum atomic E-state index is -1.82. The van der Waals surface area contributed by atoms with Crippen molar-refractivity contribution in [1.82, 2.24) is 0 Å². The van der Waals surface area contributed by atoms with Gasteiger partial charge in [0.25, 0.3) is 0 Å². The van der Waals surface area contributed by atoms with Gasteiger partial charge in [-0.15, -0.1) is 0 Å². The molecule has 16 N–H and O–H groups in total. The van der Waals surface area contributed by atoms with Gasteiger partial charge >= 0.3 is 23.9 Å². The Morgan fingerprint density at radius 1 is 0.407 bits per heavy atom. The summed E-state index contributed by atoms with van der Waals surface area (Å²) in [6.07, 6.45) is 2.83. The minimum Gasteiger partial charge on any atom is -0.473 e. The van der Waals surface area contributed by atoms with Gasteiger partial charge in [-0.05, 0) is 58.5 Å². The Labute approximate surface area is 157 Å². The second-order valence-corrected chi connectivity index (χ2v) is 4.01. The Morgan fingerprint density at radius 3 is 0.519 bits per heavy atom. The molecular formula is C13H34N6O8. The third-order valence-corrected chi connectivity index (χ3v) is 1.59. The summed E-state index contributed by atoms with van der Waals surface area (Å²) in [5.41, 5.74) is 30.4. The first-order valence-electron chi connectivity index (χ1n) is 7.66. The van der Waals surface area contributed by atoms with Gasteiger partial charge in [-0.3, -0.25) is 0 Å². The normalized spacial score (nSPS) is 7.93. The average Bonchev–Trinajstić information content (AvgIpc) is 2.59. The third-order valence-electron chi connectivity index (χ3n) is 1.59. The summed E-state index contributed by atoms with van der Waals surface area (Å²) in [6, 6.07) is 0. The first-order valence-corrected chi connectivity index (χ1v) is 7.66. The number of carbonyl (C=O) groups is 4. The van der Waals surface area contributed by atoms with Gasteiger partial charge in [0.15, 0.2) is 0 Å². The van der Waals surface area contributed by atoms with Crippen LogP contribution in [0, 0.1) is 0 Å². The van der Waals surface area contributed by atoms with Crippen LogP contribution in [0.25, 0.3) is 0 Å². The van der Waals surface area contributed by atoms with Crippen LogP contribution in [0.5, 0.6) is 0 Å². The maximum atomic E-state index is 9.10. The van der Waals surface area contributed by atoms with E-state index in [9.17, 15) is 0 Å². The standard InChI is InChI=1S/3C3H10N2.2C2H2O4/c3*4-2-1-3-5;2*3-1(4)2(5)6/h3*1-5H2;2*(H,3,4)(H,5,6). The lowest BCUT2D eigenvalue weighted by Gasteiger charge is -1.81. The molecule has 0 aliphatic heterocycles. The Hall–Kier alpha value is -2.36. The molecule has 0 aliphatic carbocycles. The summed E-state index contributed by atoms with van der Waals surface area (Å²) in [6.45, 7) is 4.31. The van der Waals surface area contributed by atoms with Crippen molar-refractivity contribution < 1.29 is 39.6 Å². The first kappa shape index (κ1) is 35.7. The van der Waals surface area contributed by atoms with Crippen molar-refractivity contribution >= 4 is 23.9 Å². The van der Waals surface area contributed by atoms with Gasteiger partial charge in [-0.2, -0.15) is 0 Å². The second-order valence-electron chi connectivity index (χ2n) is 4.01. The van der Waals surface area contributed by atoms with E-state index in [0.717, 1.165) is 58.5 Å². The molecule has 0 unspecified atom stereocenters. The molecule has 164 valence electrons. The summed E-state index contributed by atoms with van der Waals surface area (Å²) in [7, 11) is 0. The second kappa shape index (κ2) is 34.9. The highest BCUT2D eigenvalue weighted by atomic mass is 16.4. The first-order chi connectivity index (χ1) is 12.5. The van der Waals surface area contributed by atoms with Crippen molar-refractivity contribution in [3.05, 3.63) is 0 Å². The molecule has 0 aromatic heterocycles. The lowest BCUT2D eigenvalue weighted by Crippen LogP contribution is -2.09. The predicted octanol–water partition coefficient (Wildman–Crippen LogP) is -3.81. The number of hydrogen-bond acceptors (Lipinski definition) is 10. The Bertz CT molecular complexity index is 289. The third kappa shape index (κ3) is 81.7. The van der Waals surface area contributed by atoms with Crippen molar-refractivity contribution in [2.45, 2.75) is 19.3 Å². The molecule has 0 bridgehead atoms. The molecule has 0 spiro atoms. The highest BCUT2D eigenvalue weighted by Crippen LogP contribution is 1.59. The summed E-state index contributed by atoms with van der Waals surface area (Å²) < 4.78 is 0. The number of carboxylic acid groups (broad SMARTS) is 4. The van der Waals surface area contributed by atoms with E-state index in [1.54, 1.807) is 0 Å². The fraction of sp³-hybridized carbons (Fsp3) is 0.692. The van der Waals surface area contributed by atoms with Crippen LogP contribution in [-0.2, 0) is 19.2 Å². The van der Waals surface area contributed by atoms with Crippen molar-refractivity contribution in [1.29, 1.82) is 0 Å². The van der Waals surface area contributed by atoms with Crippen LogP contribution < -0.4 is 34.4 Å². The van der Waals surface area contributed by atoms with Crippen molar-refractivity contribution in [3.63, 3.8) is 0 Å². The van der Waals surface area contributed by atoms with Crippen molar-refractivity contribution in [2.24, 2.45) is 34.4 Å². The number of rotatable bonds is 6. The smallest absolute Gasteiger partial charge is 0.414 e. The highest BCUT2D eigenvalue weighted by Gasteiger charge is 2.04. The zero-order chi connectivity index (χ0) is 22.7. The molecule has 0 aliphatic rings. The van der Waals surface area contributed by atoms with Crippen LogP contribution in [-0.4, -0.2) is 83.6 Å². The van der Waals surface area contributed by atoms with Crippen molar-refractivity contribution in [2.75, 3.05) is 39.3 Å². The zero-order valence-electron chi connectivity index (χ0n) is 15.2. The molecule has 0 fully saturated rings. The van der Waals surface area contributed by atoms with Crippen LogP contribution in [0.4, 0.5) is 0 Å². The molecule has 0 heterocycles. The minimum absolute atomic E-state index is 0.719. The fourth-order valence-electron chi connectivity index (χ4n) is 0.354. The van der Waals surface area contributed by atoms with Crippen LogP contribution in [0.15, 0.2) is 0 Å². The van der Waals surface area contributed by atoms with Gasteiger partial charge in [0.05, 0.1) is 0 Å². The molecule has 14 heteroatoms. The molecular weight excluding hydrogens is 368 g/mol. The largest absolute Gasteiger partial charge is 0.473 e. The Kier molecular flexibility index (Phi) is 46.1. The van der Waals surface area contributed by atoms with E-state index < -0.39 is 23.9 Å². The summed E-state index contributed by atoms with van der Waals surface area (Å²) in [5, 5.41) is 29.6. The van der Waals surface area contributed by atoms with Gasteiger partial charge in [-0.1, -0.05) is 0 Å². The fourth-order valence-corrected chi connectivity index (χ4v) is 0.354. The Morgan fingerprint density at radius 2 is 0.519 bits per heavy atom. The molecule has 0 saturated heterocycles. The van der Waals surface area contributed by atoms with Gasteiger partial charge in [0.2, 0.25) is 0 Å². The summed E-state index contributed by atoms with van der Waals surface area (Å²) in [5.74, 6) is -7.30. The molecule has 0 atom stereocenters. The molecule has 27 heavy (non-hydrogen) atoms.